The predicted molar refractivity (Wildman–Crippen MR) is 284 cm³/mol. The third-order valence-corrected chi connectivity index (χ3v) is 18.6. The number of rotatable bonds is 2. The number of thiophene rings is 1. The number of fused-ring (bicyclic) bond motifs is 20. The van der Waals surface area contributed by atoms with Crippen LogP contribution in [0.15, 0.2) is 198 Å². The molecule has 7 aliphatic rings. The number of hydrogen-bond acceptors (Lipinski definition) is 3. The number of aryl methyl sites for hydroxylation is 1. The van der Waals surface area contributed by atoms with E-state index in [0.717, 1.165) is 25.7 Å². The zero-order valence-corrected chi connectivity index (χ0v) is 38.3. The van der Waals surface area contributed by atoms with E-state index in [1.165, 1.54) is 131 Å². The smallest absolute Gasteiger partial charge is 0.0726 e. The van der Waals surface area contributed by atoms with Crippen molar-refractivity contribution in [2.24, 2.45) is 0 Å². The number of para-hydroxylation sites is 1. The molecule has 0 radical (unpaired) electrons. The fourth-order valence-corrected chi connectivity index (χ4v) is 15.9. The maximum atomic E-state index is 2.74. The summed E-state index contributed by atoms with van der Waals surface area (Å²) in [6.07, 6.45) is 23.4. The van der Waals surface area contributed by atoms with Crippen LogP contribution in [-0.2, 0) is 11.8 Å². The fraction of sp³-hybridized carbons (Fsp3) is 0.111. The Morgan fingerprint density at radius 1 is 0.582 bits per heavy atom. The Balaban J connectivity index is 0.944. The Hall–Kier alpha value is -7.11. The van der Waals surface area contributed by atoms with E-state index in [4.69, 9.17) is 0 Å². The minimum Gasteiger partial charge on any atom is -0.337 e. The van der Waals surface area contributed by atoms with Crippen molar-refractivity contribution in [3.05, 3.63) is 242 Å². The van der Waals surface area contributed by atoms with Gasteiger partial charge in [-0.3, -0.25) is 0 Å². The first-order valence-electron chi connectivity index (χ1n) is 23.9. The third-order valence-electron chi connectivity index (χ3n) is 16.1. The molecule has 2 unspecified atom stereocenters. The van der Waals surface area contributed by atoms with Gasteiger partial charge < -0.3 is 9.47 Å². The van der Waals surface area contributed by atoms with Gasteiger partial charge in [-0.15, -0.1) is 23.1 Å². The van der Waals surface area contributed by atoms with E-state index in [9.17, 15) is 0 Å². The van der Waals surface area contributed by atoms with Crippen LogP contribution < -0.4 is 4.90 Å². The molecule has 0 amide bonds. The molecule has 316 valence electrons. The number of allylic oxidation sites excluding steroid dienone is 5. The Kier molecular flexibility index (Phi) is 7.46. The molecule has 2 aliphatic heterocycles. The summed E-state index contributed by atoms with van der Waals surface area (Å²) >= 11 is 4.03. The highest BCUT2D eigenvalue weighted by molar-refractivity contribution is 8.00. The van der Waals surface area contributed by atoms with Crippen LogP contribution in [0.4, 0.5) is 5.69 Å². The molecule has 0 bridgehead atoms. The van der Waals surface area contributed by atoms with Gasteiger partial charge in [0.2, 0.25) is 0 Å². The molecule has 0 fully saturated rings. The fourth-order valence-electron chi connectivity index (χ4n) is 13.3. The summed E-state index contributed by atoms with van der Waals surface area (Å²) in [4.78, 5) is 5.66. The van der Waals surface area contributed by atoms with E-state index in [-0.39, 0.29) is 6.04 Å². The van der Waals surface area contributed by atoms with E-state index in [1.54, 1.807) is 0 Å². The van der Waals surface area contributed by atoms with Gasteiger partial charge >= 0.3 is 0 Å². The third kappa shape index (κ3) is 4.87. The Morgan fingerprint density at radius 2 is 1.31 bits per heavy atom. The van der Waals surface area contributed by atoms with Gasteiger partial charge in [-0.2, -0.15) is 0 Å². The molecule has 2 nitrogen and oxygen atoms in total. The number of anilines is 1. The van der Waals surface area contributed by atoms with E-state index in [1.807, 2.05) is 23.1 Å². The van der Waals surface area contributed by atoms with Crippen LogP contribution in [0.25, 0.3) is 72.5 Å². The minimum absolute atomic E-state index is 0.259. The number of hydrogen-bond donors (Lipinski definition) is 0. The lowest BCUT2D eigenvalue weighted by atomic mass is 9.66. The Bertz CT molecular complexity index is 3890. The van der Waals surface area contributed by atoms with Crippen molar-refractivity contribution < 1.29 is 0 Å². The maximum Gasteiger partial charge on any atom is 0.0726 e. The molecule has 0 N–H and O–H groups in total. The summed E-state index contributed by atoms with van der Waals surface area (Å²) in [6, 6.07) is 56.6. The summed E-state index contributed by atoms with van der Waals surface area (Å²) in [5.74, 6) is 0. The lowest BCUT2D eigenvalue weighted by Crippen LogP contribution is -2.34. The van der Waals surface area contributed by atoms with Crippen molar-refractivity contribution in [3.8, 4) is 16.8 Å². The molecule has 4 heterocycles. The van der Waals surface area contributed by atoms with Gasteiger partial charge in [-0.05, 0) is 146 Å². The maximum absolute atomic E-state index is 2.74. The van der Waals surface area contributed by atoms with Gasteiger partial charge in [0.05, 0.1) is 22.5 Å². The molecule has 5 aliphatic carbocycles. The molecule has 0 saturated carbocycles. The number of thioether (sulfide) groups is 1. The number of aromatic nitrogens is 1. The first-order chi connectivity index (χ1) is 33.2. The van der Waals surface area contributed by atoms with Crippen LogP contribution in [0.5, 0.6) is 0 Å². The summed E-state index contributed by atoms with van der Waals surface area (Å²) in [7, 11) is 0. The predicted octanol–water partition coefficient (Wildman–Crippen LogP) is 16.1. The summed E-state index contributed by atoms with van der Waals surface area (Å²) in [5, 5.41) is 4.41. The monoisotopic (exact) mass is 890 g/mol. The highest BCUT2D eigenvalue weighted by Crippen LogP contribution is 2.61. The Labute approximate surface area is 397 Å². The van der Waals surface area contributed by atoms with Crippen LogP contribution in [-0.4, -0.2) is 15.9 Å². The second-order valence-corrected chi connectivity index (χ2v) is 21.6. The summed E-state index contributed by atoms with van der Waals surface area (Å²) in [6.45, 7) is 0. The first kappa shape index (κ1) is 37.0. The molecule has 7 aromatic carbocycles. The number of benzene rings is 7. The highest BCUT2D eigenvalue weighted by atomic mass is 32.2. The van der Waals surface area contributed by atoms with E-state index < -0.39 is 5.41 Å². The molecule has 2 atom stereocenters. The SMILES string of the molecule is C1=CCC2C(=C1)C1=C(CC3Sc4ccccc4C3=C1)N2c1ccc2c(c1)C1(c3cc(-n4c5ccccc5c5cc6c7c(sc6cc54)CCC=C7)ccc3C=C2)c2ccccc2-c2ccccc21. The zero-order chi connectivity index (χ0) is 43.5. The van der Waals surface area contributed by atoms with E-state index in [0.29, 0.717) is 5.25 Å². The van der Waals surface area contributed by atoms with E-state index in [2.05, 4.69) is 204 Å². The molecule has 67 heavy (non-hydrogen) atoms. The van der Waals surface area contributed by atoms with Crippen LogP contribution in [0.2, 0.25) is 0 Å². The van der Waals surface area contributed by atoms with Crippen LogP contribution in [0, 0.1) is 0 Å². The van der Waals surface area contributed by atoms with Crippen molar-refractivity contribution in [1.82, 2.24) is 4.57 Å². The van der Waals surface area contributed by atoms with Gasteiger partial charge in [-0.1, -0.05) is 140 Å². The zero-order valence-electron chi connectivity index (χ0n) is 36.7. The van der Waals surface area contributed by atoms with Gasteiger partial charge in [0.1, 0.15) is 0 Å². The molecular weight excluding hydrogens is 849 g/mol. The van der Waals surface area contributed by atoms with Crippen molar-refractivity contribution in [3.63, 3.8) is 0 Å². The summed E-state index contributed by atoms with van der Waals surface area (Å²) < 4.78 is 3.92. The van der Waals surface area contributed by atoms with E-state index >= 15 is 0 Å². The molecule has 4 heteroatoms. The van der Waals surface area contributed by atoms with Crippen molar-refractivity contribution >= 4 is 84.5 Å². The molecule has 0 saturated heterocycles. The molecule has 2 aromatic heterocycles. The number of nitrogens with zero attached hydrogens (tertiary/aromatic N) is 2. The van der Waals surface area contributed by atoms with Gasteiger partial charge in [0.15, 0.2) is 0 Å². The van der Waals surface area contributed by atoms with Crippen molar-refractivity contribution in [2.75, 3.05) is 4.90 Å². The molecule has 9 aromatic rings. The van der Waals surface area contributed by atoms with Gasteiger partial charge in [0.25, 0.3) is 0 Å². The Morgan fingerprint density at radius 3 is 2.15 bits per heavy atom. The topological polar surface area (TPSA) is 8.17 Å². The second-order valence-electron chi connectivity index (χ2n) is 19.3. The largest absolute Gasteiger partial charge is 0.337 e. The average molecular weight is 891 g/mol. The van der Waals surface area contributed by atoms with Crippen LogP contribution in [0.3, 0.4) is 0 Å². The quantitative estimate of drug-likeness (QED) is 0.171. The van der Waals surface area contributed by atoms with Crippen molar-refractivity contribution in [1.29, 1.82) is 0 Å². The van der Waals surface area contributed by atoms with Crippen molar-refractivity contribution in [2.45, 2.75) is 47.3 Å². The lowest BCUT2D eigenvalue weighted by Gasteiger charge is -2.37. The van der Waals surface area contributed by atoms with Crippen LogP contribution in [0.1, 0.15) is 68.6 Å². The van der Waals surface area contributed by atoms with Gasteiger partial charge in [-0.25, -0.2) is 0 Å². The first-order valence-corrected chi connectivity index (χ1v) is 25.6. The minimum atomic E-state index is -0.580. The highest BCUT2D eigenvalue weighted by Gasteiger charge is 2.50. The molecule has 16 rings (SSSR count). The average Bonchev–Trinajstić information content (AvgIpc) is 4.15. The standard InChI is InChI=1S/C63H42N2S2/c1-7-19-51-41(13-1)42-14-2-8-20-52(42)63(51)53-31-39(64-55-21-9-3-15-43(55)47-33-49-45-17-5-11-23-59(45)66-61(49)35-57(47)64)29-27-37(53)25-26-38-28-30-40(32-54(38)63)65-56-22-10-4-16-44(56)48-34-50-46-18-6-12-24-60(46)67-62(50)36-58(48)65/h1-11,13-20,22-23,25-34,36,55,61H,12,21,24,35H2. The molecular formula is C63H42N2S2. The second kappa shape index (κ2) is 13.5. The molecule has 1 spiro atoms. The van der Waals surface area contributed by atoms with Gasteiger partial charge in [0, 0.05) is 59.4 Å². The summed E-state index contributed by atoms with van der Waals surface area (Å²) in [5.41, 5.74) is 23.6. The van der Waals surface area contributed by atoms with Crippen LogP contribution >= 0.6 is 23.1 Å². The lowest BCUT2D eigenvalue weighted by molar-refractivity contribution is 0.735. The normalized spacial score (nSPS) is 19.7.